The van der Waals surface area contributed by atoms with Gasteiger partial charge in [0.2, 0.25) is 0 Å². The third kappa shape index (κ3) is 4.18. The summed E-state index contributed by atoms with van der Waals surface area (Å²) < 4.78 is 0. The van der Waals surface area contributed by atoms with E-state index in [2.05, 4.69) is 12.2 Å². The molecule has 15 heavy (non-hydrogen) atoms. The van der Waals surface area contributed by atoms with E-state index in [1.54, 1.807) is 0 Å². The first-order valence-electron chi connectivity index (χ1n) is 5.95. The van der Waals surface area contributed by atoms with Gasteiger partial charge in [-0.2, -0.15) is 0 Å². The zero-order chi connectivity index (χ0) is 11.1. The number of amides is 1. The topological polar surface area (TPSA) is 52.6 Å². The molecule has 4 heteroatoms. The molecule has 0 saturated carbocycles. The number of likely N-dealkylation sites (tertiary alicyclic amines) is 1. The fraction of sp³-hybridized carbons (Fsp3) is 0.909. The molecular formula is C11H22N2O2. The van der Waals surface area contributed by atoms with Crippen LogP contribution in [-0.2, 0) is 4.79 Å². The lowest BCUT2D eigenvalue weighted by Gasteiger charge is -2.30. The Labute approximate surface area is 91.6 Å². The van der Waals surface area contributed by atoms with Gasteiger partial charge in [-0.25, -0.2) is 0 Å². The van der Waals surface area contributed by atoms with Crippen LogP contribution in [0.4, 0.5) is 0 Å². The zero-order valence-electron chi connectivity index (χ0n) is 9.54. The van der Waals surface area contributed by atoms with Gasteiger partial charge < -0.3 is 10.4 Å². The normalized spacial score (nSPS) is 19.9. The first-order chi connectivity index (χ1) is 7.25. The van der Waals surface area contributed by atoms with Crippen molar-refractivity contribution < 1.29 is 9.90 Å². The molecule has 0 aromatic rings. The van der Waals surface area contributed by atoms with Crippen molar-refractivity contribution in [3.8, 4) is 0 Å². The molecule has 1 atom stereocenters. The average Bonchev–Trinajstić information content (AvgIpc) is 2.29. The van der Waals surface area contributed by atoms with Crippen molar-refractivity contribution in [2.24, 2.45) is 0 Å². The van der Waals surface area contributed by atoms with Gasteiger partial charge in [0, 0.05) is 19.6 Å². The Hall–Kier alpha value is -0.610. The standard InChI is InChI=1S/C11H22N2O2/c1-2-3-7-12-10(14)11(15)13-8-5-4-6-9-13/h11,15H,2-9H2,1H3,(H,12,14). The van der Waals surface area contributed by atoms with Gasteiger partial charge in [0.05, 0.1) is 0 Å². The van der Waals surface area contributed by atoms with E-state index < -0.39 is 6.23 Å². The van der Waals surface area contributed by atoms with Gasteiger partial charge in [-0.3, -0.25) is 9.69 Å². The third-order valence-electron chi connectivity index (χ3n) is 2.80. The predicted molar refractivity (Wildman–Crippen MR) is 59.3 cm³/mol. The van der Waals surface area contributed by atoms with Crippen molar-refractivity contribution in [1.82, 2.24) is 10.2 Å². The highest BCUT2D eigenvalue weighted by Crippen LogP contribution is 2.10. The Morgan fingerprint density at radius 3 is 2.67 bits per heavy atom. The van der Waals surface area contributed by atoms with Gasteiger partial charge in [-0.1, -0.05) is 19.8 Å². The molecule has 1 aliphatic heterocycles. The van der Waals surface area contributed by atoms with Crippen molar-refractivity contribution in [2.75, 3.05) is 19.6 Å². The summed E-state index contributed by atoms with van der Waals surface area (Å²) in [5.74, 6) is -0.245. The van der Waals surface area contributed by atoms with E-state index in [-0.39, 0.29) is 5.91 Å². The van der Waals surface area contributed by atoms with Gasteiger partial charge in [0.1, 0.15) is 0 Å². The molecule has 0 bridgehead atoms. The van der Waals surface area contributed by atoms with Gasteiger partial charge >= 0.3 is 0 Å². The van der Waals surface area contributed by atoms with Crippen LogP contribution in [0.25, 0.3) is 0 Å². The number of nitrogens with zero attached hydrogens (tertiary/aromatic N) is 1. The minimum absolute atomic E-state index is 0.245. The summed E-state index contributed by atoms with van der Waals surface area (Å²) in [5, 5.41) is 12.5. The smallest absolute Gasteiger partial charge is 0.264 e. The second-order valence-electron chi connectivity index (χ2n) is 4.11. The maximum Gasteiger partial charge on any atom is 0.264 e. The third-order valence-corrected chi connectivity index (χ3v) is 2.80. The van der Waals surface area contributed by atoms with E-state index in [0.717, 1.165) is 38.8 Å². The summed E-state index contributed by atoms with van der Waals surface area (Å²) in [6, 6.07) is 0. The van der Waals surface area contributed by atoms with Crippen LogP contribution in [0.15, 0.2) is 0 Å². The van der Waals surface area contributed by atoms with E-state index in [1.807, 2.05) is 4.90 Å². The van der Waals surface area contributed by atoms with Crippen molar-refractivity contribution in [2.45, 2.75) is 45.3 Å². The number of aliphatic hydroxyl groups is 1. The number of carbonyl (C=O) groups excluding carboxylic acids is 1. The van der Waals surface area contributed by atoms with E-state index in [0.29, 0.717) is 6.54 Å². The molecule has 1 unspecified atom stereocenters. The maximum absolute atomic E-state index is 11.5. The number of carbonyl (C=O) groups is 1. The van der Waals surface area contributed by atoms with Gasteiger partial charge in [-0.05, 0) is 19.3 Å². The molecule has 1 rings (SSSR count). The first kappa shape index (κ1) is 12.5. The summed E-state index contributed by atoms with van der Waals surface area (Å²) in [7, 11) is 0. The lowest BCUT2D eigenvalue weighted by atomic mass is 10.1. The lowest BCUT2D eigenvalue weighted by molar-refractivity contribution is -0.140. The van der Waals surface area contributed by atoms with Crippen molar-refractivity contribution >= 4 is 5.91 Å². The number of nitrogens with one attached hydrogen (secondary N) is 1. The molecule has 1 saturated heterocycles. The second-order valence-corrected chi connectivity index (χ2v) is 4.11. The Morgan fingerprint density at radius 2 is 2.07 bits per heavy atom. The summed E-state index contributed by atoms with van der Waals surface area (Å²) in [4.78, 5) is 13.4. The molecule has 4 nitrogen and oxygen atoms in total. The molecule has 1 amide bonds. The molecule has 0 aromatic heterocycles. The average molecular weight is 214 g/mol. The highest BCUT2D eigenvalue weighted by Gasteiger charge is 2.23. The number of aliphatic hydroxyl groups excluding tert-OH is 1. The number of hydrogen-bond acceptors (Lipinski definition) is 3. The fourth-order valence-corrected chi connectivity index (χ4v) is 1.81. The molecule has 2 N–H and O–H groups in total. The van der Waals surface area contributed by atoms with Crippen LogP contribution in [-0.4, -0.2) is 41.8 Å². The SMILES string of the molecule is CCCCNC(=O)C(O)N1CCCCC1. The Kier molecular flexibility index (Phi) is 5.65. The van der Waals surface area contributed by atoms with Crippen LogP contribution in [0.1, 0.15) is 39.0 Å². The molecule has 1 fully saturated rings. The van der Waals surface area contributed by atoms with E-state index in [9.17, 15) is 9.90 Å². The number of piperidine rings is 1. The molecular weight excluding hydrogens is 192 g/mol. The van der Waals surface area contributed by atoms with Crippen LogP contribution >= 0.6 is 0 Å². The van der Waals surface area contributed by atoms with E-state index >= 15 is 0 Å². The van der Waals surface area contributed by atoms with E-state index in [4.69, 9.17) is 0 Å². The van der Waals surface area contributed by atoms with Crippen LogP contribution in [0.3, 0.4) is 0 Å². The predicted octanol–water partition coefficient (Wildman–Crippen LogP) is 0.707. The Morgan fingerprint density at radius 1 is 1.40 bits per heavy atom. The fourth-order valence-electron chi connectivity index (χ4n) is 1.81. The number of hydrogen-bond donors (Lipinski definition) is 2. The highest BCUT2D eigenvalue weighted by molar-refractivity contribution is 5.80. The quantitative estimate of drug-likeness (QED) is 0.663. The molecule has 0 aliphatic carbocycles. The van der Waals surface area contributed by atoms with Crippen LogP contribution in [0.5, 0.6) is 0 Å². The minimum atomic E-state index is -0.942. The largest absolute Gasteiger partial charge is 0.370 e. The molecule has 1 aliphatic rings. The Balaban J connectivity index is 2.24. The minimum Gasteiger partial charge on any atom is -0.370 e. The molecule has 88 valence electrons. The number of rotatable bonds is 5. The van der Waals surface area contributed by atoms with Gasteiger partial charge in [0.15, 0.2) is 6.23 Å². The van der Waals surface area contributed by atoms with Crippen molar-refractivity contribution in [1.29, 1.82) is 0 Å². The summed E-state index contributed by atoms with van der Waals surface area (Å²) in [6.07, 6.45) is 4.46. The Bertz CT molecular complexity index is 191. The molecule has 0 spiro atoms. The van der Waals surface area contributed by atoms with Crippen molar-refractivity contribution in [3.63, 3.8) is 0 Å². The molecule has 0 aromatic carbocycles. The van der Waals surface area contributed by atoms with Gasteiger partial charge in [-0.15, -0.1) is 0 Å². The van der Waals surface area contributed by atoms with Crippen LogP contribution in [0, 0.1) is 0 Å². The first-order valence-corrected chi connectivity index (χ1v) is 5.95. The lowest BCUT2D eigenvalue weighted by Crippen LogP contribution is -2.48. The maximum atomic E-state index is 11.5. The summed E-state index contributed by atoms with van der Waals surface area (Å²) in [5.41, 5.74) is 0. The van der Waals surface area contributed by atoms with Gasteiger partial charge in [0.25, 0.3) is 5.91 Å². The highest BCUT2D eigenvalue weighted by atomic mass is 16.3. The molecule has 0 radical (unpaired) electrons. The van der Waals surface area contributed by atoms with Crippen LogP contribution < -0.4 is 5.32 Å². The molecule has 1 heterocycles. The zero-order valence-corrected chi connectivity index (χ0v) is 9.54. The van der Waals surface area contributed by atoms with Crippen LogP contribution in [0.2, 0.25) is 0 Å². The monoisotopic (exact) mass is 214 g/mol. The van der Waals surface area contributed by atoms with Crippen molar-refractivity contribution in [3.05, 3.63) is 0 Å². The van der Waals surface area contributed by atoms with E-state index in [1.165, 1.54) is 6.42 Å². The summed E-state index contributed by atoms with van der Waals surface area (Å²) >= 11 is 0. The summed E-state index contributed by atoms with van der Waals surface area (Å²) in [6.45, 7) is 4.41. The second kappa shape index (κ2) is 6.80. The number of unbranched alkanes of at least 4 members (excludes halogenated alkanes) is 1.